The Morgan fingerprint density at radius 3 is 2.84 bits per heavy atom. The van der Waals surface area contributed by atoms with Crippen molar-refractivity contribution in [3.8, 4) is 0 Å². The summed E-state index contributed by atoms with van der Waals surface area (Å²) in [6.07, 6.45) is 5.45. The molecule has 0 spiro atoms. The Morgan fingerprint density at radius 1 is 1.47 bits per heavy atom. The molecule has 0 heterocycles. The van der Waals surface area contributed by atoms with Gasteiger partial charge in [-0.2, -0.15) is 11.8 Å². The maximum Gasteiger partial charge on any atom is 0.251 e. The number of halogens is 1. The Labute approximate surface area is 126 Å². The van der Waals surface area contributed by atoms with Gasteiger partial charge in [0, 0.05) is 27.0 Å². The lowest BCUT2D eigenvalue weighted by Gasteiger charge is -2.15. The van der Waals surface area contributed by atoms with Crippen molar-refractivity contribution >= 4 is 39.3 Å². The standard InChI is InChI=1S/C14H19BrN2OS/c1-8-12(5-9(15)6-13(8)16)14(18)17-10-3-4-11(7-10)19-2/h5-6,10-11H,3-4,7,16H2,1-2H3,(H,17,18). The van der Waals surface area contributed by atoms with Crippen LogP contribution in [0, 0.1) is 6.92 Å². The van der Waals surface area contributed by atoms with E-state index < -0.39 is 0 Å². The van der Waals surface area contributed by atoms with E-state index in [0.29, 0.717) is 22.5 Å². The van der Waals surface area contributed by atoms with Gasteiger partial charge in [-0.1, -0.05) is 15.9 Å². The smallest absolute Gasteiger partial charge is 0.251 e. The summed E-state index contributed by atoms with van der Waals surface area (Å²) in [6, 6.07) is 3.96. The number of nitrogens with two attached hydrogens (primary N) is 1. The van der Waals surface area contributed by atoms with Gasteiger partial charge in [0.25, 0.3) is 5.91 Å². The molecule has 5 heteroatoms. The fraction of sp³-hybridized carbons (Fsp3) is 0.500. The number of thioether (sulfide) groups is 1. The first-order chi connectivity index (χ1) is 9.01. The molecule has 2 atom stereocenters. The van der Waals surface area contributed by atoms with Gasteiger partial charge in [0.15, 0.2) is 0 Å². The van der Waals surface area contributed by atoms with E-state index in [1.807, 2.05) is 30.8 Å². The minimum absolute atomic E-state index is 0.0164. The van der Waals surface area contributed by atoms with Crippen molar-refractivity contribution in [2.24, 2.45) is 0 Å². The van der Waals surface area contributed by atoms with Gasteiger partial charge in [-0.05, 0) is 50.1 Å². The monoisotopic (exact) mass is 342 g/mol. The molecule has 1 aromatic rings. The number of hydrogen-bond donors (Lipinski definition) is 2. The van der Waals surface area contributed by atoms with Crippen molar-refractivity contribution < 1.29 is 4.79 Å². The largest absolute Gasteiger partial charge is 0.398 e. The molecule has 3 nitrogen and oxygen atoms in total. The van der Waals surface area contributed by atoms with Crippen LogP contribution in [-0.4, -0.2) is 23.5 Å². The quantitative estimate of drug-likeness (QED) is 0.828. The normalized spacial score (nSPS) is 22.5. The fourth-order valence-corrected chi connectivity index (χ4v) is 3.76. The fourth-order valence-electron chi connectivity index (χ4n) is 2.48. The van der Waals surface area contributed by atoms with Crippen molar-refractivity contribution in [3.63, 3.8) is 0 Å². The predicted octanol–water partition coefficient (Wildman–Crippen LogP) is 3.35. The van der Waals surface area contributed by atoms with Crippen molar-refractivity contribution in [1.29, 1.82) is 0 Å². The van der Waals surface area contributed by atoms with Gasteiger partial charge < -0.3 is 11.1 Å². The Hall–Kier alpha value is -0.680. The van der Waals surface area contributed by atoms with Crippen molar-refractivity contribution in [1.82, 2.24) is 5.32 Å². The van der Waals surface area contributed by atoms with Crippen LogP contribution in [0.3, 0.4) is 0 Å². The summed E-state index contributed by atoms with van der Waals surface area (Å²) in [5, 5.41) is 3.81. The lowest BCUT2D eigenvalue weighted by atomic mass is 10.1. The van der Waals surface area contributed by atoms with Crippen LogP contribution in [0.25, 0.3) is 0 Å². The summed E-state index contributed by atoms with van der Waals surface area (Å²) < 4.78 is 0.842. The molecule has 0 saturated heterocycles. The molecule has 3 N–H and O–H groups in total. The van der Waals surface area contributed by atoms with E-state index in [1.54, 1.807) is 0 Å². The molecular weight excluding hydrogens is 324 g/mol. The molecule has 104 valence electrons. The van der Waals surface area contributed by atoms with Crippen molar-refractivity contribution in [3.05, 3.63) is 27.7 Å². The number of carbonyl (C=O) groups excluding carboxylic acids is 1. The summed E-state index contributed by atoms with van der Waals surface area (Å²) in [5.41, 5.74) is 8.06. The Morgan fingerprint density at radius 2 is 2.21 bits per heavy atom. The molecule has 19 heavy (non-hydrogen) atoms. The molecule has 1 saturated carbocycles. The van der Waals surface area contributed by atoms with Crippen LogP contribution in [-0.2, 0) is 0 Å². The number of carbonyl (C=O) groups is 1. The second-order valence-electron chi connectivity index (χ2n) is 5.01. The van der Waals surface area contributed by atoms with E-state index in [0.717, 1.165) is 22.9 Å². The zero-order valence-electron chi connectivity index (χ0n) is 11.2. The number of benzene rings is 1. The second kappa shape index (κ2) is 6.18. The molecule has 1 amide bonds. The molecule has 1 fully saturated rings. The summed E-state index contributed by atoms with van der Waals surface area (Å²) in [7, 11) is 0. The zero-order chi connectivity index (χ0) is 14.0. The third kappa shape index (κ3) is 3.45. The highest BCUT2D eigenvalue weighted by Crippen LogP contribution is 2.29. The topological polar surface area (TPSA) is 55.1 Å². The molecule has 0 radical (unpaired) electrons. The maximum absolute atomic E-state index is 12.3. The van der Waals surface area contributed by atoms with Gasteiger partial charge in [0.1, 0.15) is 0 Å². The van der Waals surface area contributed by atoms with Gasteiger partial charge in [0.2, 0.25) is 0 Å². The van der Waals surface area contributed by atoms with E-state index in [2.05, 4.69) is 27.5 Å². The molecule has 0 bridgehead atoms. The third-order valence-electron chi connectivity index (χ3n) is 3.71. The van der Waals surface area contributed by atoms with Crippen LogP contribution in [0.5, 0.6) is 0 Å². The number of rotatable bonds is 3. The first-order valence-corrected chi connectivity index (χ1v) is 8.48. The van der Waals surface area contributed by atoms with E-state index >= 15 is 0 Å². The van der Waals surface area contributed by atoms with Crippen LogP contribution < -0.4 is 11.1 Å². The molecular formula is C14H19BrN2OS. The van der Waals surface area contributed by atoms with Crippen molar-refractivity contribution in [2.45, 2.75) is 37.5 Å². The van der Waals surface area contributed by atoms with Crippen LogP contribution >= 0.6 is 27.7 Å². The van der Waals surface area contributed by atoms with Crippen molar-refractivity contribution in [2.75, 3.05) is 12.0 Å². The predicted molar refractivity (Wildman–Crippen MR) is 85.7 cm³/mol. The highest BCUT2D eigenvalue weighted by molar-refractivity contribution is 9.10. The zero-order valence-corrected chi connectivity index (χ0v) is 13.6. The molecule has 1 aliphatic rings. The number of nitrogens with one attached hydrogen (secondary N) is 1. The summed E-state index contributed by atoms with van der Waals surface area (Å²) >= 11 is 5.27. The van der Waals surface area contributed by atoms with Gasteiger partial charge in [-0.25, -0.2) is 0 Å². The lowest BCUT2D eigenvalue weighted by molar-refractivity contribution is 0.0937. The average molecular weight is 343 g/mol. The first kappa shape index (κ1) is 14.7. The number of nitrogen functional groups attached to an aromatic ring is 1. The number of anilines is 1. The summed E-state index contributed by atoms with van der Waals surface area (Å²) in [5.74, 6) is -0.0164. The molecule has 2 unspecified atom stereocenters. The SMILES string of the molecule is CSC1CCC(NC(=O)c2cc(Br)cc(N)c2C)C1. The second-order valence-corrected chi connectivity index (χ2v) is 7.06. The van der Waals surface area contributed by atoms with E-state index in [4.69, 9.17) is 5.73 Å². The molecule has 1 aliphatic carbocycles. The maximum atomic E-state index is 12.3. The van der Waals surface area contributed by atoms with Crippen LogP contribution in [0.2, 0.25) is 0 Å². The minimum Gasteiger partial charge on any atom is -0.398 e. The van der Waals surface area contributed by atoms with Gasteiger partial charge in [0.05, 0.1) is 0 Å². The molecule has 1 aromatic carbocycles. The third-order valence-corrected chi connectivity index (χ3v) is 5.26. The Kier molecular flexibility index (Phi) is 4.79. The Balaban J connectivity index is 2.08. The number of amides is 1. The van der Waals surface area contributed by atoms with Crippen LogP contribution in [0.15, 0.2) is 16.6 Å². The molecule has 0 aliphatic heterocycles. The minimum atomic E-state index is -0.0164. The molecule has 0 aromatic heterocycles. The summed E-state index contributed by atoms with van der Waals surface area (Å²) in [6.45, 7) is 1.88. The lowest BCUT2D eigenvalue weighted by Crippen LogP contribution is -2.33. The van der Waals surface area contributed by atoms with Gasteiger partial charge in [-0.3, -0.25) is 4.79 Å². The highest BCUT2D eigenvalue weighted by Gasteiger charge is 2.26. The van der Waals surface area contributed by atoms with E-state index in [-0.39, 0.29) is 5.91 Å². The van der Waals surface area contributed by atoms with Crippen LogP contribution in [0.1, 0.15) is 35.2 Å². The first-order valence-electron chi connectivity index (χ1n) is 6.40. The van der Waals surface area contributed by atoms with E-state index in [9.17, 15) is 4.79 Å². The number of hydrogen-bond acceptors (Lipinski definition) is 3. The van der Waals surface area contributed by atoms with Crippen LogP contribution in [0.4, 0.5) is 5.69 Å². The summed E-state index contributed by atoms with van der Waals surface area (Å²) in [4.78, 5) is 12.3. The highest BCUT2D eigenvalue weighted by atomic mass is 79.9. The Bertz CT molecular complexity index is 493. The van der Waals surface area contributed by atoms with E-state index in [1.165, 1.54) is 6.42 Å². The van der Waals surface area contributed by atoms with Gasteiger partial charge in [-0.15, -0.1) is 0 Å². The van der Waals surface area contributed by atoms with Gasteiger partial charge >= 0.3 is 0 Å². The molecule has 2 rings (SSSR count). The average Bonchev–Trinajstić information content (AvgIpc) is 2.81.